The highest BCUT2D eigenvalue weighted by Crippen LogP contribution is 2.31. The first-order chi connectivity index (χ1) is 13.0. The predicted molar refractivity (Wildman–Crippen MR) is 104 cm³/mol. The van der Waals surface area contributed by atoms with Crippen molar-refractivity contribution in [3.63, 3.8) is 0 Å². The largest absolute Gasteiger partial charge is 0.507 e. The molecular weight excluding hydrogens is 416 g/mol. The van der Waals surface area contributed by atoms with Gasteiger partial charge in [-0.3, -0.25) is 20.0 Å². The van der Waals surface area contributed by atoms with Gasteiger partial charge in [0.15, 0.2) is 0 Å². The Hall–Kier alpha value is -2.94. The smallest absolute Gasteiger partial charge is 0.284 e. The lowest BCUT2D eigenvalue weighted by molar-refractivity contribution is -0.385. The average Bonchev–Trinajstić information content (AvgIpc) is 3.02. The summed E-state index contributed by atoms with van der Waals surface area (Å²) in [6.45, 7) is 0.460. The molecule has 3 aromatic rings. The highest BCUT2D eigenvalue weighted by Gasteiger charge is 2.16. The molecule has 8 nitrogen and oxygen atoms in total. The maximum atomic E-state index is 12.0. The van der Waals surface area contributed by atoms with E-state index in [-0.39, 0.29) is 22.9 Å². The van der Waals surface area contributed by atoms with E-state index in [1.54, 1.807) is 24.3 Å². The number of aryl methyl sites for hydroxylation is 1. The number of fused-ring (bicyclic) bond motifs is 1. The van der Waals surface area contributed by atoms with Crippen LogP contribution < -0.4 is 5.32 Å². The van der Waals surface area contributed by atoms with Gasteiger partial charge < -0.3 is 10.4 Å². The van der Waals surface area contributed by atoms with E-state index in [2.05, 4.69) is 31.4 Å². The van der Waals surface area contributed by atoms with Crippen LogP contribution in [0.15, 0.2) is 40.9 Å². The first kappa shape index (κ1) is 18.8. The maximum Gasteiger partial charge on any atom is 0.284 e. The number of halogens is 1. The monoisotopic (exact) mass is 432 g/mol. The number of rotatable bonds is 7. The summed E-state index contributed by atoms with van der Waals surface area (Å²) in [7, 11) is 0. The minimum atomic E-state index is -0.436. The number of benzene rings is 2. The summed E-state index contributed by atoms with van der Waals surface area (Å²) < 4.78 is 0.405. The van der Waals surface area contributed by atoms with Crippen molar-refractivity contribution in [3.05, 3.63) is 62.2 Å². The normalized spacial score (nSPS) is 10.9. The summed E-state index contributed by atoms with van der Waals surface area (Å²) >= 11 is 3.19. The second-order valence-corrected chi connectivity index (χ2v) is 6.86. The van der Waals surface area contributed by atoms with E-state index in [0.717, 1.165) is 23.0 Å². The van der Waals surface area contributed by atoms with Crippen molar-refractivity contribution in [2.45, 2.75) is 19.3 Å². The number of hydrogen-bond acceptors (Lipinski definition) is 5. The highest BCUT2D eigenvalue weighted by atomic mass is 79.9. The lowest BCUT2D eigenvalue weighted by Gasteiger charge is -2.06. The van der Waals surface area contributed by atoms with Crippen LogP contribution in [0.4, 0.5) is 5.69 Å². The van der Waals surface area contributed by atoms with Crippen LogP contribution in [0, 0.1) is 10.1 Å². The number of carbonyl (C=O) groups is 1. The number of hydrogen-bond donors (Lipinski definition) is 3. The molecule has 0 atom stereocenters. The van der Waals surface area contributed by atoms with Crippen LogP contribution in [0.1, 0.15) is 28.9 Å². The zero-order valence-corrected chi connectivity index (χ0v) is 15.8. The van der Waals surface area contributed by atoms with Crippen molar-refractivity contribution in [2.24, 2.45) is 0 Å². The first-order valence-electron chi connectivity index (χ1n) is 8.34. The van der Waals surface area contributed by atoms with E-state index >= 15 is 0 Å². The van der Waals surface area contributed by atoms with E-state index in [4.69, 9.17) is 0 Å². The van der Waals surface area contributed by atoms with Gasteiger partial charge in [0.25, 0.3) is 11.6 Å². The number of phenolic OH excluding ortho intramolecular Hbond substituents is 1. The van der Waals surface area contributed by atoms with Crippen molar-refractivity contribution in [2.75, 3.05) is 6.54 Å². The SMILES string of the molecule is O=C(NCCCCc1n[nH]c2cc(Br)c([N+](=O)[O-])cc12)c1ccccc1O. The number of para-hydroxylation sites is 1. The summed E-state index contributed by atoms with van der Waals surface area (Å²) in [4.78, 5) is 22.7. The fraction of sp³-hybridized carbons (Fsp3) is 0.222. The van der Waals surface area contributed by atoms with Crippen LogP contribution in [0.5, 0.6) is 5.75 Å². The van der Waals surface area contributed by atoms with Crippen LogP contribution >= 0.6 is 15.9 Å². The molecule has 0 aliphatic heterocycles. The van der Waals surface area contributed by atoms with Crippen molar-refractivity contribution >= 4 is 38.4 Å². The Bertz CT molecular complexity index is 1000. The summed E-state index contributed by atoms with van der Waals surface area (Å²) in [5.74, 6) is -0.371. The number of nitro groups is 1. The molecule has 0 bridgehead atoms. The lowest BCUT2D eigenvalue weighted by Crippen LogP contribution is -2.24. The molecule has 0 saturated heterocycles. The van der Waals surface area contributed by atoms with Crippen LogP contribution in [0.2, 0.25) is 0 Å². The molecule has 27 heavy (non-hydrogen) atoms. The third-order valence-corrected chi connectivity index (χ3v) is 4.82. The number of carbonyl (C=O) groups excluding carboxylic acids is 1. The van der Waals surface area contributed by atoms with Gasteiger partial charge in [-0.15, -0.1) is 0 Å². The lowest BCUT2D eigenvalue weighted by atomic mass is 10.1. The number of phenols is 1. The molecule has 0 fully saturated rings. The average molecular weight is 433 g/mol. The molecule has 3 N–H and O–H groups in total. The minimum absolute atomic E-state index is 0.0000761. The highest BCUT2D eigenvalue weighted by molar-refractivity contribution is 9.10. The Kier molecular flexibility index (Phi) is 5.70. The number of nitrogens with zero attached hydrogens (tertiary/aromatic N) is 2. The predicted octanol–water partition coefficient (Wildman–Crippen LogP) is 3.69. The third-order valence-electron chi connectivity index (χ3n) is 4.18. The fourth-order valence-corrected chi connectivity index (χ4v) is 3.28. The molecule has 1 heterocycles. The summed E-state index contributed by atoms with van der Waals surface area (Å²) in [6.07, 6.45) is 2.10. The summed E-state index contributed by atoms with van der Waals surface area (Å²) in [6, 6.07) is 9.54. The molecule has 3 rings (SSSR count). The van der Waals surface area contributed by atoms with Crippen molar-refractivity contribution < 1.29 is 14.8 Å². The van der Waals surface area contributed by atoms with E-state index in [9.17, 15) is 20.0 Å². The number of nitro benzene ring substituents is 1. The molecule has 1 aromatic heterocycles. The molecule has 140 valence electrons. The zero-order chi connectivity index (χ0) is 19.4. The number of amides is 1. The van der Waals surface area contributed by atoms with Gasteiger partial charge in [0.05, 0.1) is 26.2 Å². The number of aromatic hydroxyl groups is 1. The molecule has 0 saturated carbocycles. The number of H-pyrrole nitrogens is 1. The van der Waals surface area contributed by atoms with Crippen LogP contribution in [-0.2, 0) is 6.42 Å². The van der Waals surface area contributed by atoms with Crippen LogP contribution in [0.3, 0.4) is 0 Å². The maximum absolute atomic E-state index is 12.0. The Morgan fingerprint density at radius 3 is 2.81 bits per heavy atom. The number of nitrogens with one attached hydrogen (secondary N) is 2. The van der Waals surface area contributed by atoms with Gasteiger partial charge in [0.2, 0.25) is 0 Å². The van der Waals surface area contributed by atoms with E-state index in [0.29, 0.717) is 23.9 Å². The van der Waals surface area contributed by atoms with Crippen molar-refractivity contribution in [1.82, 2.24) is 15.5 Å². The topological polar surface area (TPSA) is 121 Å². The fourth-order valence-electron chi connectivity index (χ4n) is 2.79. The number of aromatic nitrogens is 2. The van der Waals surface area contributed by atoms with Crippen LogP contribution in [-0.4, -0.2) is 32.7 Å². The Labute approximate surface area is 162 Å². The molecule has 1 amide bonds. The van der Waals surface area contributed by atoms with Crippen molar-refractivity contribution in [3.8, 4) is 5.75 Å². The Morgan fingerprint density at radius 1 is 1.30 bits per heavy atom. The summed E-state index contributed by atoms with van der Waals surface area (Å²) in [5.41, 5.74) is 1.73. The zero-order valence-electron chi connectivity index (χ0n) is 14.2. The van der Waals surface area contributed by atoms with Crippen molar-refractivity contribution in [1.29, 1.82) is 0 Å². The Morgan fingerprint density at radius 2 is 2.07 bits per heavy atom. The van der Waals surface area contributed by atoms with Gasteiger partial charge in [-0.05, 0) is 53.4 Å². The van der Waals surface area contributed by atoms with E-state index in [1.165, 1.54) is 12.1 Å². The van der Waals surface area contributed by atoms with E-state index < -0.39 is 4.92 Å². The molecule has 0 aliphatic carbocycles. The molecule has 0 radical (unpaired) electrons. The number of aromatic amines is 1. The molecular formula is C18H17BrN4O4. The second-order valence-electron chi connectivity index (χ2n) is 6.01. The van der Waals surface area contributed by atoms with Gasteiger partial charge in [0, 0.05) is 18.0 Å². The van der Waals surface area contributed by atoms with Gasteiger partial charge >= 0.3 is 0 Å². The summed E-state index contributed by atoms with van der Waals surface area (Å²) in [5, 5.41) is 31.4. The van der Waals surface area contributed by atoms with Gasteiger partial charge in [-0.25, -0.2) is 0 Å². The molecule has 0 spiro atoms. The minimum Gasteiger partial charge on any atom is -0.507 e. The third kappa shape index (κ3) is 4.25. The standard InChI is InChI=1S/C18H17BrN4O4/c19-13-10-15-12(9-16(13)23(26)27)14(21-22-15)6-3-4-8-20-18(25)11-5-1-2-7-17(11)24/h1-2,5,7,9-10,24H,3-4,6,8H2,(H,20,25)(H,21,22). The van der Waals surface area contributed by atoms with E-state index in [1.807, 2.05) is 0 Å². The number of unbranched alkanes of at least 4 members (excludes halogenated alkanes) is 1. The molecule has 0 aliphatic rings. The van der Waals surface area contributed by atoms with Crippen LogP contribution in [0.25, 0.3) is 10.9 Å². The molecule has 0 unspecified atom stereocenters. The van der Waals surface area contributed by atoms with Gasteiger partial charge in [-0.1, -0.05) is 12.1 Å². The quantitative estimate of drug-likeness (QED) is 0.298. The second kappa shape index (κ2) is 8.17. The first-order valence-corrected chi connectivity index (χ1v) is 9.13. The molecule has 9 heteroatoms. The van der Waals surface area contributed by atoms with Gasteiger partial charge in [0.1, 0.15) is 5.75 Å². The van der Waals surface area contributed by atoms with Gasteiger partial charge in [-0.2, -0.15) is 5.10 Å². The molecule has 2 aromatic carbocycles. The Balaban J connectivity index is 1.55.